The fourth-order valence-corrected chi connectivity index (χ4v) is 4.00. The molecule has 0 fully saturated rings. The second kappa shape index (κ2) is 10.7. The monoisotopic (exact) mass is 398 g/mol. The van der Waals surface area contributed by atoms with E-state index < -0.39 is 6.10 Å². The minimum Gasteiger partial charge on any atom is -0.497 e. The average Bonchev–Trinajstić information content (AvgIpc) is 2.75. The van der Waals surface area contributed by atoms with Gasteiger partial charge in [-0.15, -0.1) is 0 Å². The molecule has 1 aliphatic carbocycles. The number of aryl methyl sites for hydroxylation is 1. The summed E-state index contributed by atoms with van der Waals surface area (Å²) >= 11 is 0. The van der Waals surface area contributed by atoms with Crippen molar-refractivity contribution in [3.8, 4) is 5.75 Å². The van der Waals surface area contributed by atoms with E-state index in [-0.39, 0.29) is 12.1 Å². The second-order valence-electron chi connectivity index (χ2n) is 7.98. The zero-order chi connectivity index (χ0) is 20.6. The normalized spacial score (nSPS) is 18.3. The van der Waals surface area contributed by atoms with Crippen LogP contribution < -0.4 is 10.1 Å². The van der Waals surface area contributed by atoms with E-state index >= 15 is 0 Å². The van der Waals surface area contributed by atoms with Crippen molar-refractivity contribution < 1.29 is 14.6 Å². The maximum absolute atomic E-state index is 10.4. The van der Waals surface area contributed by atoms with Gasteiger partial charge in [0, 0.05) is 19.1 Å². The van der Waals surface area contributed by atoms with Gasteiger partial charge in [0.1, 0.15) is 5.75 Å². The largest absolute Gasteiger partial charge is 0.497 e. The first-order valence-corrected chi connectivity index (χ1v) is 10.5. The molecular formula is C24H34N2O3. The lowest BCUT2D eigenvalue weighted by Crippen LogP contribution is -2.37. The summed E-state index contributed by atoms with van der Waals surface area (Å²) < 4.78 is 11.4. The molecular weight excluding hydrogens is 364 g/mol. The quantitative estimate of drug-likeness (QED) is 0.643. The van der Waals surface area contributed by atoms with Gasteiger partial charge >= 0.3 is 0 Å². The fraction of sp³-hybridized carbons (Fsp3) is 0.500. The molecule has 0 radical (unpaired) electrons. The first kappa shape index (κ1) is 21.8. The van der Waals surface area contributed by atoms with E-state index in [0.29, 0.717) is 13.2 Å². The van der Waals surface area contributed by atoms with E-state index in [9.17, 15) is 5.11 Å². The molecule has 0 saturated carbocycles. The third-order valence-electron chi connectivity index (χ3n) is 5.62. The molecule has 0 bridgehead atoms. The number of nitrogens with one attached hydrogen (secondary N) is 1. The third-order valence-corrected chi connectivity index (χ3v) is 5.62. The van der Waals surface area contributed by atoms with Crippen LogP contribution in [0.3, 0.4) is 0 Å². The smallest absolute Gasteiger partial charge is 0.119 e. The topological polar surface area (TPSA) is 54.0 Å². The number of methoxy groups -OCH3 is 1. The van der Waals surface area contributed by atoms with Gasteiger partial charge in [0.05, 0.1) is 25.9 Å². The van der Waals surface area contributed by atoms with E-state index in [1.165, 1.54) is 16.7 Å². The number of hydrogen-bond acceptors (Lipinski definition) is 5. The van der Waals surface area contributed by atoms with Crippen LogP contribution in [0.15, 0.2) is 48.5 Å². The van der Waals surface area contributed by atoms with Crippen molar-refractivity contribution in [3.05, 3.63) is 65.2 Å². The van der Waals surface area contributed by atoms with Crippen molar-refractivity contribution >= 4 is 0 Å². The summed E-state index contributed by atoms with van der Waals surface area (Å²) in [6.45, 7) is 1.59. The van der Waals surface area contributed by atoms with Crippen LogP contribution in [0.2, 0.25) is 0 Å². The molecule has 3 rings (SSSR count). The van der Waals surface area contributed by atoms with Gasteiger partial charge in [0.2, 0.25) is 0 Å². The summed E-state index contributed by atoms with van der Waals surface area (Å²) in [6.07, 6.45) is 2.85. The second-order valence-corrected chi connectivity index (χ2v) is 7.98. The molecule has 0 spiro atoms. The lowest BCUT2D eigenvalue weighted by Gasteiger charge is -2.28. The van der Waals surface area contributed by atoms with Crippen molar-refractivity contribution in [2.45, 2.75) is 37.5 Å². The average molecular weight is 399 g/mol. The Hall–Kier alpha value is -1.92. The lowest BCUT2D eigenvalue weighted by atomic mass is 9.89. The highest BCUT2D eigenvalue weighted by molar-refractivity contribution is 5.31. The summed E-state index contributed by atoms with van der Waals surface area (Å²) in [4.78, 5) is 2.17. The molecule has 0 aliphatic heterocycles. The van der Waals surface area contributed by atoms with Crippen molar-refractivity contribution in [2.75, 3.05) is 40.9 Å². The molecule has 5 nitrogen and oxygen atoms in total. The van der Waals surface area contributed by atoms with E-state index in [2.05, 4.69) is 60.7 Å². The number of rotatable bonds is 10. The molecule has 0 heterocycles. The standard InChI is InChI=1S/C24H34N2O3/c1-26(2)23(19-10-6-11-21(14-19)28-3)16-25-15-20(27)17-29-24-13-7-9-18-8-4-5-12-22(18)24/h4-6,8,10-12,14,20,23-25,27H,7,9,13,15-17H2,1-3H3/t20-,23-,24+/m0/s1. The summed E-state index contributed by atoms with van der Waals surface area (Å²) in [5, 5.41) is 13.8. The van der Waals surface area contributed by atoms with Crippen LogP contribution in [0.25, 0.3) is 0 Å². The predicted molar refractivity (Wildman–Crippen MR) is 116 cm³/mol. The molecule has 0 amide bonds. The van der Waals surface area contributed by atoms with Crippen LogP contribution in [-0.4, -0.2) is 57.0 Å². The van der Waals surface area contributed by atoms with Crippen molar-refractivity contribution in [1.82, 2.24) is 10.2 Å². The highest BCUT2D eigenvalue weighted by Gasteiger charge is 2.21. The van der Waals surface area contributed by atoms with Gasteiger partial charge in [-0.05, 0) is 62.2 Å². The van der Waals surface area contributed by atoms with E-state index in [1.54, 1.807) is 7.11 Å². The molecule has 158 valence electrons. The molecule has 2 aromatic carbocycles. The van der Waals surface area contributed by atoms with Crippen molar-refractivity contribution in [3.63, 3.8) is 0 Å². The minimum absolute atomic E-state index is 0.0981. The number of aliphatic hydroxyl groups is 1. The highest BCUT2D eigenvalue weighted by Crippen LogP contribution is 2.32. The van der Waals surface area contributed by atoms with Gasteiger partial charge in [0.25, 0.3) is 0 Å². The van der Waals surface area contributed by atoms with E-state index in [0.717, 1.165) is 31.6 Å². The minimum atomic E-state index is -0.530. The first-order chi connectivity index (χ1) is 14.1. The van der Waals surface area contributed by atoms with Crippen LogP contribution in [-0.2, 0) is 11.2 Å². The zero-order valence-corrected chi connectivity index (χ0v) is 17.8. The number of fused-ring (bicyclic) bond motifs is 1. The van der Waals surface area contributed by atoms with Gasteiger partial charge in [-0.2, -0.15) is 0 Å². The Balaban J connectivity index is 1.47. The number of nitrogens with zero attached hydrogens (tertiary/aromatic N) is 1. The van der Waals surface area contributed by atoms with Crippen LogP contribution in [0.1, 0.15) is 41.7 Å². The Bertz CT molecular complexity index is 765. The highest BCUT2D eigenvalue weighted by atomic mass is 16.5. The maximum Gasteiger partial charge on any atom is 0.119 e. The summed E-state index contributed by atoms with van der Waals surface area (Å²) in [7, 11) is 5.81. The molecule has 3 atom stereocenters. The fourth-order valence-electron chi connectivity index (χ4n) is 4.00. The SMILES string of the molecule is COc1cccc([C@H](CNC[C@H](O)CO[C@@H]2CCCc3ccccc32)N(C)C)c1. The van der Waals surface area contributed by atoms with Gasteiger partial charge in [-0.1, -0.05) is 36.4 Å². The summed E-state index contributed by atoms with van der Waals surface area (Å²) in [6, 6.07) is 16.8. The van der Waals surface area contributed by atoms with Gasteiger partial charge in [0.15, 0.2) is 0 Å². The molecule has 29 heavy (non-hydrogen) atoms. The predicted octanol–water partition coefficient (Wildman–Crippen LogP) is 3.34. The molecule has 0 aromatic heterocycles. The Morgan fingerprint density at radius 1 is 1.14 bits per heavy atom. The van der Waals surface area contributed by atoms with Gasteiger partial charge in [-0.3, -0.25) is 0 Å². The first-order valence-electron chi connectivity index (χ1n) is 10.5. The third kappa shape index (κ3) is 6.03. The molecule has 2 aromatic rings. The summed E-state index contributed by atoms with van der Waals surface area (Å²) in [5.74, 6) is 0.857. The number of benzene rings is 2. The maximum atomic E-state index is 10.4. The van der Waals surface area contributed by atoms with E-state index in [4.69, 9.17) is 9.47 Å². The number of likely N-dealkylation sites (N-methyl/N-ethyl adjacent to an activating group) is 1. The number of ether oxygens (including phenoxy) is 2. The Morgan fingerprint density at radius 3 is 2.76 bits per heavy atom. The Labute approximate surface area is 174 Å². The molecule has 0 unspecified atom stereocenters. The molecule has 0 saturated heterocycles. The van der Waals surface area contributed by atoms with Crippen LogP contribution in [0, 0.1) is 0 Å². The van der Waals surface area contributed by atoms with Crippen LogP contribution in [0.5, 0.6) is 5.75 Å². The summed E-state index contributed by atoms with van der Waals surface area (Å²) in [5.41, 5.74) is 3.85. The molecule has 5 heteroatoms. The van der Waals surface area contributed by atoms with Crippen molar-refractivity contribution in [2.24, 2.45) is 0 Å². The number of hydrogen-bond donors (Lipinski definition) is 2. The van der Waals surface area contributed by atoms with Crippen LogP contribution in [0.4, 0.5) is 0 Å². The zero-order valence-electron chi connectivity index (χ0n) is 17.8. The van der Waals surface area contributed by atoms with Crippen molar-refractivity contribution in [1.29, 1.82) is 0 Å². The number of aliphatic hydroxyl groups excluding tert-OH is 1. The van der Waals surface area contributed by atoms with Crippen LogP contribution >= 0.6 is 0 Å². The molecule has 2 N–H and O–H groups in total. The van der Waals surface area contributed by atoms with E-state index in [1.807, 2.05) is 12.1 Å². The van der Waals surface area contributed by atoms with Gasteiger partial charge < -0.3 is 24.8 Å². The molecule has 1 aliphatic rings. The van der Waals surface area contributed by atoms with Gasteiger partial charge in [-0.25, -0.2) is 0 Å². The lowest BCUT2D eigenvalue weighted by molar-refractivity contribution is -0.0169. The Morgan fingerprint density at radius 2 is 1.97 bits per heavy atom. The Kier molecular flexibility index (Phi) is 8.07.